The molecule has 1 heterocycles. The van der Waals surface area contributed by atoms with Gasteiger partial charge in [-0.3, -0.25) is 0 Å². The van der Waals surface area contributed by atoms with Crippen LogP contribution in [0.5, 0.6) is 5.88 Å². The summed E-state index contributed by atoms with van der Waals surface area (Å²) in [6.07, 6.45) is 0. The second-order valence-corrected chi connectivity index (χ2v) is 3.53. The number of nitrogens with zero attached hydrogens (tertiary/aromatic N) is 1. The van der Waals surface area contributed by atoms with Gasteiger partial charge in [0, 0.05) is 18.2 Å². The maximum Gasteiger partial charge on any atom is 0.254 e. The van der Waals surface area contributed by atoms with Gasteiger partial charge in [-0.15, -0.1) is 12.4 Å². The van der Waals surface area contributed by atoms with E-state index in [1.807, 2.05) is 31.2 Å². The molecule has 2 N–H and O–H groups in total. The molecule has 0 radical (unpaired) electrons. The standard InChI is InChI=1S/C12H14N2O2.ClH/c1-9-2-4-10(5-3-9)11-8-12(14-16-11)15-7-6-13;/h2-5,8H,6-7,13H2,1H3;1H. The SMILES string of the molecule is Cc1ccc(-c2cc(OCCN)no2)cc1.Cl. The van der Waals surface area contributed by atoms with E-state index >= 15 is 0 Å². The topological polar surface area (TPSA) is 61.3 Å². The summed E-state index contributed by atoms with van der Waals surface area (Å²) in [5.41, 5.74) is 7.53. The van der Waals surface area contributed by atoms with Crippen LogP contribution in [-0.4, -0.2) is 18.3 Å². The lowest BCUT2D eigenvalue weighted by atomic mass is 10.1. The minimum Gasteiger partial charge on any atom is -0.474 e. The first-order valence-corrected chi connectivity index (χ1v) is 5.16. The molecule has 0 atom stereocenters. The van der Waals surface area contributed by atoms with Crippen LogP contribution in [0.15, 0.2) is 34.9 Å². The zero-order valence-corrected chi connectivity index (χ0v) is 10.4. The molecule has 0 aliphatic heterocycles. The number of ether oxygens (including phenoxy) is 1. The fraction of sp³-hybridized carbons (Fsp3) is 0.250. The maximum absolute atomic E-state index is 5.33. The Labute approximate surface area is 106 Å². The summed E-state index contributed by atoms with van der Waals surface area (Å²) in [6.45, 7) is 2.95. The molecule has 4 nitrogen and oxygen atoms in total. The Hall–Kier alpha value is -1.52. The summed E-state index contributed by atoms with van der Waals surface area (Å²) in [4.78, 5) is 0. The summed E-state index contributed by atoms with van der Waals surface area (Å²) < 4.78 is 10.4. The molecule has 92 valence electrons. The monoisotopic (exact) mass is 254 g/mol. The lowest BCUT2D eigenvalue weighted by Crippen LogP contribution is -2.10. The third-order valence-electron chi connectivity index (χ3n) is 2.19. The molecule has 0 amide bonds. The number of nitrogens with two attached hydrogens (primary N) is 1. The van der Waals surface area contributed by atoms with Crippen LogP contribution in [0.3, 0.4) is 0 Å². The number of halogens is 1. The van der Waals surface area contributed by atoms with E-state index in [9.17, 15) is 0 Å². The summed E-state index contributed by atoms with van der Waals surface area (Å²) in [6, 6.07) is 9.79. The molecule has 0 aliphatic rings. The molecule has 1 aromatic carbocycles. The smallest absolute Gasteiger partial charge is 0.254 e. The fourth-order valence-electron chi connectivity index (χ4n) is 1.34. The Bertz CT molecular complexity index is 454. The summed E-state index contributed by atoms with van der Waals surface area (Å²) >= 11 is 0. The predicted octanol–water partition coefficient (Wildman–Crippen LogP) is 2.41. The van der Waals surface area contributed by atoms with Gasteiger partial charge in [-0.05, 0) is 12.1 Å². The molecule has 0 aliphatic carbocycles. The van der Waals surface area contributed by atoms with E-state index in [0.717, 1.165) is 5.56 Å². The maximum atomic E-state index is 5.33. The zero-order chi connectivity index (χ0) is 11.4. The average Bonchev–Trinajstić information content (AvgIpc) is 2.76. The van der Waals surface area contributed by atoms with Crippen LogP contribution in [0.2, 0.25) is 0 Å². The molecule has 17 heavy (non-hydrogen) atoms. The van der Waals surface area contributed by atoms with Gasteiger partial charge < -0.3 is 15.0 Å². The number of rotatable bonds is 4. The third kappa shape index (κ3) is 3.47. The summed E-state index contributed by atoms with van der Waals surface area (Å²) in [7, 11) is 0. The van der Waals surface area contributed by atoms with E-state index in [2.05, 4.69) is 5.16 Å². The number of aromatic nitrogens is 1. The lowest BCUT2D eigenvalue weighted by Gasteiger charge is -1.96. The number of aryl methyl sites for hydroxylation is 1. The highest BCUT2D eigenvalue weighted by Gasteiger charge is 2.06. The van der Waals surface area contributed by atoms with Crippen molar-refractivity contribution in [2.24, 2.45) is 5.73 Å². The van der Waals surface area contributed by atoms with E-state index in [1.54, 1.807) is 6.07 Å². The van der Waals surface area contributed by atoms with Crippen LogP contribution in [0, 0.1) is 6.92 Å². The third-order valence-corrected chi connectivity index (χ3v) is 2.19. The van der Waals surface area contributed by atoms with Gasteiger partial charge in [0.15, 0.2) is 5.76 Å². The van der Waals surface area contributed by atoms with Gasteiger partial charge in [-0.25, -0.2) is 0 Å². The van der Waals surface area contributed by atoms with Gasteiger partial charge in [0.25, 0.3) is 5.88 Å². The molecule has 0 unspecified atom stereocenters. The van der Waals surface area contributed by atoms with Crippen LogP contribution >= 0.6 is 12.4 Å². The molecule has 0 saturated heterocycles. The predicted molar refractivity (Wildman–Crippen MR) is 68.5 cm³/mol. The van der Waals surface area contributed by atoms with Crippen molar-refractivity contribution in [3.8, 4) is 17.2 Å². The van der Waals surface area contributed by atoms with Crippen molar-refractivity contribution in [1.82, 2.24) is 5.16 Å². The largest absolute Gasteiger partial charge is 0.474 e. The van der Waals surface area contributed by atoms with Crippen LogP contribution < -0.4 is 10.5 Å². The molecule has 0 bridgehead atoms. The van der Waals surface area contributed by atoms with Crippen molar-refractivity contribution in [3.05, 3.63) is 35.9 Å². The van der Waals surface area contributed by atoms with E-state index in [0.29, 0.717) is 24.8 Å². The second-order valence-electron chi connectivity index (χ2n) is 3.53. The first-order valence-electron chi connectivity index (χ1n) is 5.16. The molecular weight excluding hydrogens is 240 g/mol. The van der Waals surface area contributed by atoms with Gasteiger partial charge >= 0.3 is 0 Å². The molecule has 1 aromatic heterocycles. The Morgan fingerprint density at radius 1 is 1.29 bits per heavy atom. The quantitative estimate of drug-likeness (QED) is 0.910. The Morgan fingerprint density at radius 3 is 2.65 bits per heavy atom. The highest BCUT2D eigenvalue weighted by atomic mass is 35.5. The van der Waals surface area contributed by atoms with E-state index in [1.165, 1.54) is 5.56 Å². The molecular formula is C12H15ClN2O2. The van der Waals surface area contributed by atoms with Gasteiger partial charge in [0.05, 0.1) is 0 Å². The highest BCUT2D eigenvalue weighted by molar-refractivity contribution is 5.85. The minimum absolute atomic E-state index is 0. The van der Waals surface area contributed by atoms with Gasteiger partial charge in [-0.1, -0.05) is 29.8 Å². The van der Waals surface area contributed by atoms with Crippen molar-refractivity contribution in [2.75, 3.05) is 13.2 Å². The van der Waals surface area contributed by atoms with Crippen LogP contribution in [-0.2, 0) is 0 Å². The van der Waals surface area contributed by atoms with Crippen molar-refractivity contribution >= 4 is 12.4 Å². The first-order chi connectivity index (χ1) is 7.79. The molecule has 0 spiro atoms. The van der Waals surface area contributed by atoms with Crippen LogP contribution in [0.25, 0.3) is 11.3 Å². The summed E-state index contributed by atoms with van der Waals surface area (Å²) in [5, 5.41) is 3.80. The molecule has 0 fully saturated rings. The van der Waals surface area contributed by atoms with Crippen molar-refractivity contribution < 1.29 is 9.26 Å². The van der Waals surface area contributed by atoms with Gasteiger partial charge in [0.2, 0.25) is 0 Å². The van der Waals surface area contributed by atoms with Crippen molar-refractivity contribution in [1.29, 1.82) is 0 Å². The summed E-state index contributed by atoms with van der Waals surface area (Å²) in [5.74, 6) is 1.17. The first kappa shape index (κ1) is 13.5. The number of hydrogen-bond donors (Lipinski definition) is 1. The molecule has 5 heteroatoms. The van der Waals surface area contributed by atoms with E-state index < -0.39 is 0 Å². The number of hydrogen-bond acceptors (Lipinski definition) is 4. The minimum atomic E-state index is 0. The molecule has 0 saturated carbocycles. The Morgan fingerprint density at radius 2 is 2.00 bits per heavy atom. The van der Waals surface area contributed by atoms with E-state index in [-0.39, 0.29) is 12.4 Å². The Balaban J connectivity index is 0.00000144. The fourth-order valence-corrected chi connectivity index (χ4v) is 1.34. The van der Waals surface area contributed by atoms with Crippen molar-refractivity contribution in [2.45, 2.75) is 6.92 Å². The van der Waals surface area contributed by atoms with E-state index in [4.69, 9.17) is 15.0 Å². The lowest BCUT2D eigenvalue weighted by molar-refractivity contribution is 0.288. The second kappa shape index (κ2) is 6.27. The average molecular weight is 255 g/mol. The number of benzene rings is 1. The van der Waals surface area contributed by atoms with Crippen molar-refractivity contribution in [3.63, 3.8) is 0 Å². The normalized spacial score (nSPS) is 9.76. The molecule has 2 rings (SSSR count). The van der Waals surface area contributed by atoms with Gasteiger partial charge in [-0.2, -0.15) is 0 Å². The van der Waals surface area contributed by atoms with Crippen LogP contribution in [0.4, 0.5) is 0 Å². The highest BCUT2D eigenvalue weighted by Crippen LogP contribution is 2.23. The van der Waals surface area contributed by atoms with Gasteiger partial charge in [0.1, 0.15) is 6.61 Å². The Kier molecular flexibility index (Phi) is 5.00. The zero-order valence-electron chi connectivity index (χ0n) is 9.55. The molecule has 2 aromatic rings. The van der Waals surface area contributed by atoms with Crippen LogP contribution in [0.1, 0.15) is 5.56 Å².